The molecule has 0 saturated carbocycles. The average Bonchev–Trinajstić information content (AvgIpc) is 3.18. The summed E-state index contributed by atoms with van der Waals surface area (Å²) in [6.07, 6.45) is 7.48. The summed E-state index contributed by atoms with van der Waals surface area (Å²) in [5.41, 5.74) is 0. The summed E-state index contributed by atoms with van der Waals surface area (Å²) in [5, 5.41) is 2.00. The summed E-state index contributed by atoms with van der Waals surface area (Å²) < 4.78 is 0. The summed E-state index contributed by atoms with van der Waals surface area (Å²) in [5.74, 6) is 0.256. The molecule has 21 heavy (non-hydrogen) atoms. The van der Waals surface area contributed by atoms with Crippen LogP contribution in [0.1, 0.15) is 48.2 Å². The van der Waals surface area contributed by atoms with Crippen LogP contribution in [0.3, 0.4) is 0 Å². The predicted octanol–water partition coefficient (Wildman–Crippen LogP) is 3.65. The minimum atomic E-state index is 0. The summed E-state index contributed by atoms with van der Waals surface area (Å²) >= 11 is 1.57. The Bertz CT molecular complexity index is 431. The van der Waals surface area contributed by atoms with Gasteiger partial charge >= 0.3 is 0 Å². The third kappa shape index (κ3) is 4.21. The highest BCUT2D eigenvalue weighted by atomic mass is 35.5. The van der Waals surface area contributed by atoms with E-state index in [1.807, 2.05) is 17.5 Å². The van der Waals surface area contributed by atoms with Crippen molar-refractivity contribution in [1.29, 1.82) is 0 Å². The fourth-order valence-corrected chi connectivity index (χ4v) is 4.13. The molecule has 1 unspecified atom stereocenters. The van der Waals surface area contributed by atoms with Gasteiger partial charge in [0, 0.05) is 19.1 Å². The SMILES string of the molecule is Cl.O=C(c1cccs1)N1CCCCC1CCN1CCCC1. The zero-order chi connectivity index (χ0) is 13.8. The van der Waals surface area contributed by atoms with E-state index in [2.05, 4.69) is 9.80 Å². The highest BCUT2D eigenvalue weighted by molar-refractivity contribution is 7.12. The lowest BCUT2D eigenvalue weighted by Gasteiger charge is -2.36. The Kier molecular flexibility index (Phi) is 6.52. The van der Waals surface area contributed by atoms with Crippen molar-refractivity contribution >= 4 is 29.7 Å². The molecule has 0 aliphatic carbocycles. The fourth-order valence-electron chi connectivity index (χ4n) is 3.45. The molecule has 0 aromatic carbocycles. The van der Waals surface area contributed by atoms with Crippen LogP contribution in [0.2, 0.25) is 0 Å². The van der Waals surface area contributed by atoms with E-state index in [9.17, 15) is 4.79 Å². The van der Waals surface area contributed by atoms with Crippen molar-refractivity contribution in [3.63, 3.8) is 0 Å². The number of hydrogen-bond donors (Lipinski definition) is 0. The van der Waals surface area contributed by atoms with E-state index in [1.165, 1.54) is 45.3 Å². The second-order valence-electron chi connectivity index (χ2n) is 5.96. The maximum absolute atomic E-state index is 12.6. The van der Waals surface area contributed by atoms with Crippen molar-refractivity contribution < 1.29 is 4.79 Å². The maximum Gasteiger partial charge on any atom is 0.264 e. The second-order valence-corrected chi connectivity index (χ2v) is 6.91. The van der Waals surface area contributed by atoms with Crippen LogP contribution in [0.15, 0.2) is 17.5 Å². The van der Waals surface area contributed by atoms with Crippen LogP contribution in [0.4, 0.5) is 0 Å². The minimum Gasteiger partial charge on any atom is -0.335 e. The molecule has 1 aromatic rings. The van der Waals surface area contributed by atoms with E-state index in [1.54, 1.807) is 11.3 Å². The molecule has 0 bridgehead atoms. The summed E-state index contributed by atoms with van der Waals surface area (Å²) in [7, 11) is 0. The Labute approximate surface area is 137 Å². The predicted molar refractivity (Wildman–Crippen MR) is 90.5 cm³/mol. The molecule has 2 aliphatic heterocycles. The Morgan fingerprint density at radius 1 is 1.19 bits per heavy atom. The number of rotatable bonds is 4. The summed E-state index contributed by atoms with van der Waals surface area (Å²) in [6.45, 7) is 4.62. The number of carbonyl (C=O) groups is 1. The number of amides is 1. The molecule has 3 heterocycles. The number of hydrogen-bond acceptors (Lipinski definition) is 3. The number of carbonyl (C=O) groups excluding carboxylic acids is 1. The highest BCUT2D eigenvalue weighted by Gasteiger charge is 2.28. The lowest BCUT2D eigenvalue weighted by molar-refractivity contribution is 0.0593. The van der Waals surface area contributed by atoms with E-state index < -0.39 is 0 Å². The van der Waals surface area contributed by atoms with Crippen LogP contribution in [-0.4, -0.2) is 47.9 Å². The number of nitrogens with zero attached hydrogens (tertiary/aromatic N) is 2. The van der Waals surface area contributed by atoms with Gasteiger partial charge in [-0.05, 0) is 63.1 Å². The van der Waals surface area contributed by atoms with E-state index in [0.717, 1.165) is 24.3 Å². The van der Waals surface area contributed by atoms with Crippen molar-refractivity contribution in [1.82, 2.24) is 9.80 Å². The summed E-state index contributed by atoms with van der Waals surface area (Å²) in [4.78, 5) is 18.2. The van der Waals surface area contributed by atoms with Gasteiger partial charge < -0.3 is 9.80 Å². The fraction of sp³-hybridized carbons (Fsp3) is 0.688. The van der Waals surface area contributed by atoms with Gasteiger partial charge in [-0.15, -0.1) is 23.7 Å². The molecular formula is C16H25ClN2OS. The van der Waals surface area contributed by atoms with Gasteiger partial charge in [-0.3, -0.25) is 4.79 Å². The van der Waals surface area contributed by atoms with Crippen LogP contribution in [-0.2, 0) is 0 Å². The molecule has 3 nitrogen and oxygen atoms in total. The zero-order valence-electron chi connectivity index (χ0n) is 12.5. The van der Waals surface area contributed by atoms with Crippen LogP contribution in [0.25, 0.3) is 0 Å². The van der Waals surface area contributed by atoms with E-state index in [4.69, 9.17) is 0 Å². The normalized spacial score (nSPS) is 23.0. The van der Waals surface area contributed by atoms with Crippen LogP contribution in [0, 0.1) is 0 Å². The Hall–Kier alpha value is -0.580. The third-order valence-electron chi connectivity index (χ3n) is 4.60. The monoisotopic (exact) mass is 328 g/mol. The molecular weight excluding hydrogens is 304 g/mol. The average molecular weight is 329 g/mol. The van der Waals surface area contributed by atoms with Crippen LogP contribution < -0.4 is 0 Å². The molecule has 0 spiro atoms. The zero-order valence-corrected chi connectivity index (χ0v) is 14.1. The van der Waals surface area contributed by atoms with Crippen molar-refractivity contribution in [2.24, 2.45) is 0 Å². The number of thiophene rings is 1. The molecule has 1 atom stereocenters. The van der Waals surface area contributed by atoms with Crippen molar-refractivity contribution in [2.45, 2.75) is 44.6 Å². The number of piperidine rings is 1. The first-order chi connectivity index (χ1) is 9.84. The van der Waals surface area contributed by atoms with Gasteiger partial charge in [0.25, 0.3) is 5.91 Å². The first kappa shape index (κ1) is 16.8. The minimum absolute atomic E-state index is 0. The maximum atomic E-state index is 12.6. The number of halogens is 1. The van der Waals surface area contributed by atoms with Crippen LogP contribution in [0.5, 0.6) is 0 Å². The molecule has 118 valence electrons. The van der Waals surface area contributed by atoms with Gasteiger partial charge in [-0.25, -0.2) is 0 Å². The van der Waals surface area contributed by atoms with Crippen molar-refractivity contribution in [2.75, 3.05) is 26.2 Å². The van der Waals surface area contributed by atoms with E-state index in [0.29, 0.717) is 6.04 Å². The quantitative estimate of drug-likeness (QED) is 0.842. The lowest BCUT2D eigenvalue weighted by atomic mass is 9.99. The van der Waals surface area contributed by atoms with Gasteiger partial charge in [-0.2, -0.15) is 0 Å². The second kappa shape index (κ2) is 8.16. The Morgan fingerprint density at radius 3 is 2.67 bits per heavy atom. The molecule has 2 aliphatic rings. The van der Waals surface area contributed by atoms with Gasteiger partial charge in [0.2, 0.25) is 0 Å². The molecule has 0 N–H and O–H groups in total. The molecule has 0 radical (unpaired) electrons. The summed E-state index contributed by atoms with van der Waals surface area (Å²) in [6, 6.07) is 4.39. The first-order valence-electron chi connectivity index (χ1n) is 7.91. The standard InChI is InChI=1S/C16H24N2OS.ClH/c19-16(15-7-5-13-20-15)18-11-2-1-6-14(18)8-12-17-9-3-4-10-17;/h5,7,13-14H,1-4,6,8-12H2;1H. The largest absolute Gasteiger partial charge is 0.335 e. The smallest absolute Gasteiger partial charge is 0.264 e. The van der Waals surface area contributed by atoms with Crippen molar-refractivity contribution in [3.8, 4) is 0 Å². The van der Waals surface area contributed by atoms with E-state index >= 15 is 0 Å². The van der Waals surface area contributed by atoms with Gasteiger partial charge in [0.15, 0.2) is 0 Å². The lowest BCUT2D eigenvalue weighted by Crippen LogP contribution is -2.44. The molecule has 5 heteroatoms. The number of likely N-dealkylation sites (tertiary alicyclic amines) is 2. The van der Waals surface area contributed by atoms with E-state index in [-0.39, 0.29) is 18.3 Å². The van der Waals surface area contributed by atoms with Gasteiger partial charge in [-0.1, -0.05) is 6.07 Å². The third-order valence-corrected chi connectivity index (χ3v) is 5.46. The molecule has 2 saturated heterocycles. The molecule has 1 amide bonds. The van der Waals surface area contributed by atoms with Gasteiger partial charge in [0.1, 0.15) is 0 Å². The highest BCUT2D eigenvalue weighted by Crippen LogP contribution is 2.24. The van der Waals surface area contributed by atoms with Crippen molar-refractivity contribution in [3.05, 3.63) is 22.4 Å². The topological polar surface area (TPSA) is 23.6 Å². The van der Waals surface area contributed by atoms with Gasteiger partial charge in [0.05, 0.1) is 4.88 Å². The molecule has 1 aromatic heterocycles. The Morgan fingerprint density at radius 2 is 1.95 bits per heavy atom. The van der Waals surface area contributed by atoms with Crippen LogP contribution >= 0.6 is 23.7 Å². The first-order valence-corrected chi connectivity index (χ1v) is 8.79. The molecule has 2 fully saturated rings. The Balaban J connectivity index is 0.00000161. The molecule has 3 rings (SSSR count).